The number of alkyl halides is 3. The van der Waals surface area contributed by atoms with Gasteiger partial charge in [0.25, 0.3) is 0 Å². The van der Waals surface area contributed by atoms with E-state index in [0.29, 0.717) is 21.4 Å². The highest BCUT2D eigenvalue weighted by Crippen LogP contribution is 2.31. The molecule has 1 nitrogen and oxygen atoms in total. The summed E-state index contributed by atoms with van der Waals surface area (Å²) in [5.41, 5.74) is 0. The predicted molar refractivity (Wildman–Crippen MR) is 78.9 cm³/mol. The van der Waals surface area contributed by atoms with Crippen molar-refractivity contribution in [3.05, 3.63) is 36.7 Å². The minimum absolute atomic E-state index is 0.406. The molecule has 2 radical (unpaired) electrons. The smallest absolute Gasteiger partial charge is 0.403 e. The summed E-state index contributed by atoms with van der Waals surface area (Å²) in [6.45, 7) is 3.81. The first kappa shape index (κ1) is 17.1. The van der Waals surface area contributed by atoms with Crippen LogP contribution < -0.4 is 9.92 Å². The highest BCUT2D eigenvalue weighted by atomic mass is 28.2. The fourth-order valence-electron chi connectivity index (χ4n) is 2.71. The van der Waals surface area contributed by atoms with Gasteiger partial charge in [0, 0.05) is 0 Å². The number of ether oxygens (including phenoxy) is 1. The van der Waals surface area contributed by atoms with Crippen LogP contribution in [0.5, 0.6) is 5.75 Å². The molecule has 1 aromatic rings. The molecule has 0 amide bonds. The monoisotopic (exact) mass is 330 g/mol. The van der Waals surface area contributed by atoms with E-state index in [-0.39, 0.29) is 0 Å². The molecule has 6 heteroatoms. The van der Waals surface area contributed by atoms with Crippen LogP contribution in [0.4, 0.5) is 17.6 Å². The third kappa shape index (κ3) is 5.16. The summed E-state index contributed by atoms with van der Waals surface area (Å²) in [6, 6.07) is 4.68. The molecule has 1 fully saturated rings. The zero-order valence-corrected chi connectivity index (χ0v) is 13.1. The van der Waals surface area contributed by atoms with Crippen LogP contribution in [0.3, 0.4) is 0 Å². The van der Waals surface area contributed by atoms with Crippen LogP contribution >= 0.6 is 0 Å². The maximum absolute atomic E-state index is 13.6. The second-order valence-corrected chi connectivity index (χ2v) is 6.93. The average Bonchev–Trinajstić information content (AvgIpc) is 2.47. The lowest BCUT2D eigenvalue weighted by Gasteiger charge is -2.26. The number of hydrogen-bond donors (Lipinski definition) is 0. The SMILES string of the molecule is C=CC1CCC(C[Si]c2ccc(OC(F)(F)F)c(F)c2)CC1. The molecule has 0 aliphatic heterocycles. The summed E-state index contributed by atoms with van der Waals surface area (Å²) in [6.07, 6.45) is 1.71. The molecule has 0 N–H and O–H groups in total. The lowest BCUT2D eigenvalue weighted by Crippen LogP contribution is -2.22. The summed E-state index contributed by atoms with van der Waals surface area (Å²) >= 11 is 0. The molecule has 120 valence electrons. The maximum atomic E-state index is 13.6. The maximum Gasteiger partial charge on any atom is 0.573 e. The molecule has 0 heterocycles. The molecular formula is C16H18F4OSi. The van der Waals surface area contributed by atoms with Gasteiger partial charge in [-0.25, -0.2) is 4.39 Å². The van der Waals surface area contributed by atoms with Crippen LogP contribution in [0, 0.1) is 17.7 Å². The van der Waals surface area contributed by atoms with Crippen LogP contribution in [0.25, 0.3) is 0 Å². The van der Waals surface area contributed by atoms with Gasteiger partial charge in [-0.1, -0.05) is 36.2 Å². The molecule has 0 unspecified atom stereocenters. The second-order valence-electron chi connectivity index (χ2n) is 5.59. The van der Waals surface area contributed by atoms with E-state index < -0.39 is 17.9 Å². The van der Waals surface area contributed by atoms with E-state index in [0.717, 1.165) is 49.0 Å². The van der Waals surface area contributed by atoms with Crippen molar-refractivity contribution in [2.75, 3.05) is 0 Å². The number of hydrogen-bond acceptors (Lipinski definition) is 1. The quantitative estimate of drug-likeness (QED) is 0.440. The number of halogens is 4. The average molecular weight is 330 g/mol. The first-order chi connectivity index (χ1) is 10.4. The van der Waals surface area contributed by atoms with Gasteiger partial charge in [0.1, 0.15) is 0 Å². The van der Waals surface area contributed by atoms with Crippen molar-refractivity contribution >= 4 is 14.7 Å². The fourth-order valence-corrected chi connectivity index (χ4v) is 4.07. The highest BCUT2D eigenvalue weighted by molar-refractivity contribution is 6.53. The summed E-state index contributed by atoms with van der Waals surface area (Å²) in [7, 11) is 0.406. The first-order valence-electron chi connectivity index (χ1n) is 7.29. The van der Waals surface area contributed by atoms with E-state index in [1.165, 1.54) is 6.07 Å². The Bertz CT molecular complexity index is 507. The predicted octanol–water partition coefficient (Wildman–Crippen LogP) is 4.46. The normalized spacial score (nSPS) is 22.4. The minimum Gasteiger partial charge on any atom is -0.403 e. The summed E-state index contributed by atoms with van der Waals surface area (Å²) in [5.74, 6) is -0.509. The Morgan fingerprint density at radius 2 is 1.91 bits per heavy atom. The molecule has 0 atom stereocenters. The Morgan fingerprint density at radius 1 is 1.23 bits per heavy atom. The Kier molecular flexibility index (Phi) is 5.67. The molecule has 0 aromatic heterocycles. The van der Waals surface area contributed by atoms with E-state index in [9.17, 15) is 17.6 Å². The molecule has 22 heavy (non-hydrogen) atoms. The van der Waals surface area contributed by atoms with Gasteiger partial charge in [-0.15, -0.1) is 19.8 Å². The Morgan fingerprint density at radius 3 is 2.45 bits per heavy atom. The third-order valence-electron chi connectivity index (χ3n) is 3.98. The lowest BCUT2D eigenvalue weighted by atomic mass is 9.83. The Labute approximate surface area is 130 Å². The number of benzene rings is 1. The molecule has 1 aliphatic rings. The van der Waals surface area contributed by atoms with Gasteiger partial charge in [-0.2, -0.15) is 0 Å². The molecule has 1 aromatic carbocycles. The van der Waals surface area contributed by atoms with E-state index >= 15 is 0 Å². The van der Waals surface area contributed by atoms with Crippen molar-refractivity contribution in [2.24, 2.45) is 11.8 Å². The van der Waals surface area contributed by atoms with Crippen LogP contribution in [0.15, 0.2) is 30.9 Å². The van der Waals surface area contributed by atoms with Crippen molar-refractivity contribution < 1.29 is 22.3 Å². The lowest BCUT2D eigenvalue weighted by molar-refractivity contribution is -0.275. The van der Waals surface area contributed by atoms with E-state index in [2.05, 4.69) is 11.3 Å². The van der Waals surface area contributed by atoms with Crippen molar-refractivity contribution in [1.82, 2.24) is 0 Å². The minimum atomic E-state index is -4.87. The van der Waals surface area contributed by atoms with E-state index in [1.807, 2.05) is 6.08 Å². The van der Waals surface area contributed by atoms with E-state index in [4.69, 9.17) is 0 Å². The van der Waals surface area contributed by atoms with Crippen LogP contribution in [0.2, 0.25) is 6.04 Å². The van der Waals surface area contributed by atoms with Gasteiger partial charge < -0.3 is 4.74 Å². The largest absolute Gasteiger partial charge is 0.573 e. The van der Waals surface area contributed by atoms with E-state index in [1.54, 1.807) is 0 Å². The van der Waals surface area contributed by atoms with Crippen molar-refractivity contribution in [3.63, 3.8) is 0 Å². The van der Waals surface area contributed by atoms with Gasteiger partial charge >= 0.3 is 6.36 Å². The number of rotatable bonds is 5. The third-order valence-corrected chi connectivity index (χ3v) is 5.48. The van der Waals surface area contributed by atoms with Crippen LogP contribution in [-0.2, 0) is 0 Å². The first-order valence-corrected chi connectivity index (χ1v) is 8.50. The topological polar surface area (TPSA) is 9.23 Å². The van der Waals surface area contributed by atoms with Gasteiger partial charge in [0.05, 0.1) is 9.52 Å². The van der Waals surface area contributed by atoms with Crippen LogP contribution in [0.1, 0.15) is 25.7 Å². The fraction of sp³-hybridized carbons (Fsp3) is 0.500. The second kappa shape index (κ2) is 7.31. The van der Waals surface area contributed by atoms with Gasteiger partial charge in [-0.3, -0.25) is 0 Å². The molecule has 1 saturated carbocycles. The molecular weight excluding hydrogens is 312 g/mol. The zero-order chi connectivity index (χ0) is 16.2. The van der Waals surface area contributed by atoms with Crippen LogP contribution in [-0.4, -0.2) is 15.9 Å². The molecule has 0 bridgehead atoms. The summed E-state index contributed by atoms with van der Waals surface area (Å²) in [4.78, 5) is 0. The molecule has 0 spiro atoms. The Balaban J connectivity index is 1.86. The molecule has 0 saturated heterocycles. The molecule has 1 aliphatic carbocycles. The number of allylic oxidation sites excluding steroid dienone is 1. The van der Waals surface area contributed by atoms with Crippen molar-refractivity contribution in [1.29, 1.82) is 0 Å². The van der Waals surface area contributed by atoms with Crippen molar-refractivity contribution in [2.45, 2.75) is 38.1 Å². The van der Waals surface area contributed by atoms with Gasteiger partial charge in [0.15, 0.2) is 11.6 Å². The summed E-state index contributed by atoms with van der Waals surface area (Å²) < 4.78 is 53.5. The Hall–Kier alpha value is -1.30. The van der Waals surface area contributed by atoms with Gasteiger partial charge in [-0.05, 0) is 36.8 Å². The summed E-state index contributed by atoms with van der Waals surface area (Å²) in [5, 5.41) is 0.734. The standard InChI is InChI=1S/C16H18F4OSi/c1-2-11-3-5-12(6-4-11)10-22-13-7-8-15(14(17)9-13)21-16(18,19)20/h2,7-9,11-12H,1,3-6,10H2. The van der Waals surface area contributed by atoms with Crippen molar-refractivity contribution in [3.8, 4) is 5.75 Å². The van der Waals surface area contributed by atoms with Gasteiger partial charge in [0.2, 0.25) is 0 Å². The zero-order valence-electron chi connectivity index (χ0n) is 12.1. The highest BCUT2D eigenvalue weighted by Gasteiger charge is 2.32. The molecule has 2 rings (SSSR count).